The van der Waals surface area contributed by atoms with Crippen LogP contribution in [0.25, 0.3) is 192 Å². The number of allylic oxidation sites excluding steroid dienone is 8. The van der Waals surface area contributed by atoms with Crippen molar-refractivity contribution in [1.82, 2.24) is 0 Å². The second-order valence-electron chi connectivity index (χ2n) is 32.9. The zero-order chi connectivity index (χ0) is 81.7. The van der Waals surface area contributed by atoms with Crippen LogP contribution in [0.1, 0.15) is 12.0 Å². The Balaban J connectivity index is 0.585. The van der Waals surface area contributed by atoms with Crippen LogP contribution in [0.15, 0.2) is 469 Å². The maximum atomic E-state index is 7.19. The topological polar surface area (TPSA) is 32.8 Å². The number of hydrogen-bond donors (Lipinski definition) is 0. The van der Waals surface area contributed by atoms with Crippen molar-refractivity contribution in [3.63, 3.8) is 0 Å². The molecule has 2 heterocycles. The molecule has 22 aromatic rings. The number of anilines is 6. The lowest BCUT2D eigenvalue weighted by molar-refractivity contribution is 0.672. The highest BCUT2D eigenvalue weighted by atomic mass is 16.3. The third-order valence-corrected chi connectivity index (χ3v) is 25.7. The van der Waals surface area contributed by atoms with Crippen LogP contribution in [0.2, 0.25) is 0 Å². The normalized spacial score (nSPS) is 13.2. The Hall–Kier alpha value is -16.1. The summed E-state index contributed by atoms with van der Waals surface area (Å²) in [4.78, 5) is 4.92. The molecule has 1 unspecified atom stereocenters. The van der Waals surface area contributed by atoms with Gasteiger partial charge in [0.25, 0.3) is 0 Å². The summed E-state index contributed by atoms with van der Waals surface area (Å²) in [5, 5.41) is 15.9. The Morgan fingerprint density at radius 2 is 0.710 bits per heavy atom. The van der Waals surface area contributed by atoms with E-state index in [9.17, 15) is 0 Å². The lowest BCUT2D eigenvalue weighted by atomic mass is 9.83. The third-order valence-electron chi connectivity index (χ3n) is 25.7. The quantitative estimate of drug-likeness (QED) is 0.0958. The predicted molar refractivity (Wildman–Crippen MR) is 524 cm³/mol. The molecular formula is C120H78N2O2. The van der Waals surface area contributed by atoms with Crippen molar-refractivity contribution in [2.75, 3.05) is 9.80 Å². The van der Waals surface area contributed by atoms with Crippen LogP contribution in [0, 0.1) is 5.92 Å². The van der Waals surface area contributed by atoms with Crippen LogP contribution in [-0.2, 0) is 0 Å². The molecule has 2 aliphatic carbocycles. The molecule has 0 aliphatic heterocycles. The van der Waals surface area contributed by atoms with Gasteiger partial charge in [0, 0.05) is 61.0 Å². The molecule has 0 fully saturated rings. The van der Waals surface area contributed by atoms with Crippen molar-refractivity contribution in [2.24, 2.45) is 5.92 Å². The van der Waals surface area contributed by atoms with Crippen LogP contribution in [0.5, 0.6) is 0 Å². The smallest absolute Gasteiger partial charge is 0.143 e. The zero-order valence-electron chi connectivity index (χ0n) is 67.8. The average molecular weight is 1580 g/mol. The first-order valence-electron chi connectivity index (χ1n) is 42.8. The first-order valence-corrected chi connectivity index (χ1v) is 42.8. The van der Waals surface area contributed by atoms with Gasteiger partial charge < -0.3 is 18.6 Å². The van der Waals surface area contributed by atoms with Gasteiger partial charge in [-0.2, -0.15) is 0 Å². The Kier molecular flexibility index (Phi) is 17.4. The van der Waals surface area contributed by atoms with E-state index in [0.29, 0.717) is 5.92 Å². The summed E-state index contributed by atoms with van der Waals surface area (Å²) < 4.78 is 14.1. The third kappa shape index (κ3) is 12.6. The SMILES string of the molecule is C1=CC2=CC(c3ccc(-c4ccccc4)c(N(c4ccc(-c5ccc6c(ccc7c(-c8ccc9ccc%10c(oc%11cccc(-c%12cccc(N(c%13ccc(-c%14cccc(-c%15ccccc%15)c%14)cc%13)c%13cc(-c%14ccc%15ccccc%15c%14)ccc%13-c%13ccccc%13)c%12)c%11%10)c9c8)cccc76)c5)cc4)c4cccc5oc6c7ccccc7ccc6c45)c3)=CCC2C=C1. The van der Waals surface area contributed by atoms with Gasteiger partial charge >= 0.3 is 0 Å². The molecule has 4 heteroatoms. The standard InChI is InChI=1S/C120H78N2O2/c1-4-21-77(22-5-1)88-32-16-33-89(69-88)80-49-59-98(60-50-80)121(113-75-93(56-64-103(113)82-25-6-2-7-26-82)91-46-43-78-23-10-12-30-86(78)70-91)100-35-17-34-95(73-100)105-38-19-41-115-117(105)109-67-54-85-45-48-97(74-111(85)120(109)123-115)101-37-18-39-107-102-63-55-90(72-96(102)58-66-108(101)107)81-51-61-99(62-52-81)122(112-40-20-42-116-118(112)110-68-53-84-29-14-15-36-106(84)119(110)124-116)114-76-94(57-65-104(114)83-27-8-3-9-28-83)92-47-44-79-24-11-13-31-87(79)71-92/h1-43,45-76,79H,44H2. The maximum Gasteiger partial charge on any atom is 0.143 e. The van der Waals surface area contributed by atoms with E-state index >= 15 is 0 Å². The van der Waals surface area contributed by atoms with E-state index in [1.165, 1.54) is 65.7 Å². The molecule has 0 bridgehead atoms. The molecule has 124 heavy (non-hydrogen) atoms. The maximum absolute atomic E-state index is 7.19. The molecule has 1 atom stereocenters. The fraction of sp³-hybridized carbons (Fsp3) is 0.0167. The molecule has 580 valence electrons. The summed E-state index contributed by atoms with van der Waals surface area (Å²) in [6, 6.07) is 154. The lowest BCUT2D eigenvalue weighted by Crippen LogP contribution is -2.12. The molecule has 24 rings (SSSR count). The minimum atomic E-state index is 0.392. The number of benzene rings is 20. The molecule has 2 aromatic heterocycles. The van der Waals surface area contributed by atoms with Crippen molar-refractivity contribution < 1.29 is 8.83 Å². The first kappa shape index (κ1) is 71.9. The summed E-state index contributed by atoms with van der Waals surface area (Å²) in [6.07, 6.45) is 14.7. The minimum Gasteiger partial charge on any atom is -0.455 e. The molecule has 0 saturated carbocycles. The van der Waals surface area contributed by atoms with E-state index in [1.54, 1.807) is 0 Å². The summed E-state index contributed by atoms with van der Waals surface area (Å²) >= 11 is 0. The number of rotatable bonds is 15. The second-order valence-corrected chi connectivity index (χ2v) is 32.9. The Bertz CT molecular complexity index is 8190. The van der Waals surface area contributed by atoms with Gasteiger partial charge in [-0.05, 0) is 247 Å². The largest absolute Gasteiger partial charge is 0.455 e. The Morgan fingerprint density at radius 3 is 1.48 bits per heavy atom. The molecule has 0 radical (unpaired) electrons. The van der Waals surface area contributed by atoms with Crippen molar-refractivity contribution in [1.29, 1.82) is 0 Å². The van der Waals surface area contributed by atoms with E-state index in [0.717, 1.165) is 178 Å². The Morgan fingerprint density at radius 1 is 0.234 bits per heavy atom. The van der Waals surface area contributed by atoms with Crippen LogP contribution in [0.3, 0.4) is 0 Å². The highest BCUT2D eigenvalue weighted by molar-refractivity contribution is 6.22. The fourth-order valence-corrected chi connectivity index (χ4v) is 19.6. The second kappa shape index (κ2) is 30.0. The summed E-state index contributed by atoms with van der Waals surface area (Å²) in [5.41, 5.74) is 31.7. The van der Waals surface area contributed by atoms with Gasteiger partial charge in [-0.15, -0.1) is 0 Å². The van der Waals surface area contributed by atoms with Gasteiger partial charge in [0.15, 0.2) is 0 Å². The highest BCUT2D eigenvalue weighted by Crippen LogP contribution is 2.52. The van der Waals surface area contributed by atoms with Gasteiger partial charge in [0.2, 0.25) is 0 Å². The van der Waals surface area contributed by atoms with Gasteiger partial charge in [0.05, 0.1) is 22.4 Å². The molecule has 2 aliphatic rings. The van der Waals surface area contributed by atoms with Crippen LogP contribution < -0.4 is 9.80 Å². The zero-order valence-corrected chi connectivity index (χ0v) is 67.8. The van der Waals surface area contributed by atoms with Crippen molar-refractivity contribution in [3.8, 4) is 89.0 Å². The van der Waals surface area contributed by atoms with E-state index in [2.05, 4.69) is 465 Å². The average Bonchev–Trinajstić information content (AvgIpc) is 1.55. The molecule has 0 saturated heterocycles. The molecule has 0 spiro atoms. The van der Waals surface area contributed by atoms with Crippen LogP contribution >= 0.6 is 0 Å². The molecule has 20 aromatic carbocycles. The molecule has 0 N–H and O–H groups in total. The number of fused-ring (bicyclic) bond motifs is 15. The van der Waals surface area contributed by atoms with Crippen molar-refractivity contribution in [3.05, 3.63) is 466 Å². The molecule has 4 nitrogen and oxygen atoms in total. The Labute approximate surface area is 718 Å². The molecular weight excluding hydrogens is 1500 g/mol. The number of hydrogen-bond acceptors (Lipinski definition) is 4. The summed E-state index contributed by atoms with van der Waals surface area (Å²) in [5.74, 6) is 0.392. The highest BCUT2D eigenvalue weighted by Gasteiger charge is 2.28. The van der Waals surface area contributed by atoms with Crippen LogP contribution in [-0.4, -0.2) is 0 Å². The van der Waals surface area contributed by atoms with Crippen molar-refractivity contribution >= 4 is 137 Å². The van der Waals surface area contributed by atoms with E-state index in [-0.39, 0.29) is 0 Å². The summed E-state index contributed by atoms with van der Waals surface area (Å²) in [7, 11) is 0. The van der Waals surface area contributed by atoms with Gasteiger partial charge in [-0.1, -0.05) is 352 Å². The van der Waals surface area contributed by atoms with Gasteiger partial charge in [-0.3, -0.25) is 0 Å². The van der Waals surface area contributed by atoms with Gasteiger partial charge in [-0.25, -0.2) is 0 Å². The monoisotopic (exact) mass is 1580 g/mol. The lowest BCUT2D eigenvalue weighted by Gasteiger charge is -2.30. The summed E-state index contributed by atoms with van der Waals surface area (Å²) in [6.45, 7) is 0. The first-order chi connectivity index (χ1) is 61.4. The van der Waals surface area contributed by atoms with E-state index in [4.69, 9.17) is 8.83 Å². The fourth-order valence-electron chi connectivity index (χ4n) is 19.6. The predicted octanol–water partition coefficient (Wildman–Crippen LogP) is 34.0. The number of nitrogens with zero attached hydrogens (tertiary/aromatic N) is 2. The van der Waals surface area contributed by atoms with E-state index < -0.39 is 0 Å². The van der Waals surface area contributed by atoms with Gasteiger partial charge in [0.1, 0.15) is 22.3 Å². The van der Waals surface area contributed by atoms with E-state index in [1.807, 2.05) is 0 Å². The minimum absolute atomic E-state index is 0.392. The number of furan rings is 2. The van der Waals surface area contributed by atoms with Crippen molar-refractivity contribution in [2.45, 2.75) is 6.42 Å². The molecule has 0 amide bonds. The van der Waals surface area contributed by atoms with Crippen LogP contribution in [0.4, 0.5) is 34.1 Å².